The minimum atomic E-state index is -1.29. The molecule has 12 heteroatoms. The Hall–Kier alpha value is -3.15. The van der Waals surface area contributed by atoms with Gasteiger partial charge in [-0.05, 0) is 35.0 Å². The normalized spacial score (nSPS) is 19.1. The molecule has 4 amide bonds. The fraction of sp³-hybridized carbons (Fsp3) is 0.333. The molecule has 0 bridgehead atoms. The van der Waals surface area contributed by atoms with E-state index in [1.54, 1.807) is 38.2 Å². The van der Waals surface area contributed by atoms with Crippen molar-refractivity contribution in [3.8, 4) is 5.75 Å². The molecule has 1 atom stereocenters. The van der Waals surface area contributed by atoms with Crippen molar-refractivity contribution in [1.82, 2.24) is 36.0 Å². The lowest BCUT2D eigenvalue weighted by Gasteiger charge is -2.22. The molecule has 0 aliphatic carbocycles. The minimum Gasteiger partial charge on any atom is -0.497 e. The molecule has 1 aliphatic heterocycles. The van der Waals surface area contributed by atoms with Crippen LogP contribution in [0.5, 0.6) is 5.75 Å². The third-order valence-electron chi connectivity index (χ3n) is 4.01. The van der Waals surface area contributed by atoms with Gasteiger partial charge in [-0.15, -0.1) is 5.10 Å². The molecule has 0 saturated carbocycles. The second-order valence-electron chi connectivity index (χ2n) is 5.83. The van der Waals surface area contributed by atoms with Gasteiger partial charge in [0.2, 0.25) is 11.1 Å². The average Bonchev–Trinajstić information content (AvgIpc) is 3.16. The van der Waals surface area contributed by atoms with Gasteiger partial charge in [-0.1, -0.05) is 23.9 Å². The molecular formula is C15H17N7O4S. The highest BCUT2D eigenvalue weighted by atomic mass is 32.2. The number of urea groups is 1. The highest BCUT2D eigenvalue weighted by molar-refractivity contribution is 7.99. The third kappa shape index (κ3) is 3.56. The Bertz CT molecular complexity index is 885. The first kappa shape index (κ1) is 18.6. The number of rotatable bonds is 6. The van der Waals surface area contributed by atoms with Gasteiger partial charge in [-0.25, -0.2) is 9.48 Å². The molecule has 1 aromatic carbocycles. The van der Waals surface area contributed by atoms with Crippen molar-refractivity contribution < 1.29 is 19.1 Å². The number of thioether (sulfide) groups is 1. The van der Waals surface area contributed by atoms with Gasteiger partial charge in [-0.3, -0.25) is 15.0 Å². The Labute approximate surface area is 158 Å². The molecule has 1 saturated heterocycles. The zero-order valence-electron chi connectivity index (χ0n) is 14.8. The molecule has 2 aromatic rings. The summed E-state index contributed by atoms with van der Waals surface area (Å²) in [5, 5.41) is 14.6. The molecule has 27 heavy (non-hydrogen) atoms. The third-order valence-corrected chi connectivity index (χ3v) is 5.02. The van der Waals surface area contributed by atoms with Crippen LogP contribution in [0.3, 0.4) is 0 Å². The molecule has 11 nitrogen and oxygen atoms in total. The van der Waals surface area contributed by atoms with Gasteiger partial charge in [0, 0.05) is 7.05 Å². The fourth-order valence-corrected chi connectivity index (χ4v) is 3.13. The van der Waals surface area contributed by atoms with Crippen molar-refractivity contribution in [1.29, 1.82) is 0 Å². The van der Waals surface area contributed by atoms with Crippen molar-refractivity contribution in [2.24, 2.45) is 7.05 Å². The lowest BCUT2D eigenvalue weighted by Crippen LogP contribution is -2.48. The van der Waals surface area contributed by atoms with E-state index in [4.69, 9.17) is 4.74 Å². The zero-order valence-corrected chi connectivity index (χ0v) is 15.6. The molecule has 0 spiro atoms. The molecule has 0 unspecified atom stereocenters. The first-order chi connectivity index (χ1) is 12.8. The van der Waals surface area contributed by atoms with Crippen LogP contribution in [-0.4, -0.2) is 55.9 Å². The number of tetrazole rings is 1. The van der Waals surface area contributed by atoms with E-state index in [0.29, 0.717) is 21.5 Å². The number of carbonyl (C=O) groups excluding carboxylic acids is 3. The number of ether oxygens (including phenoxy) is 1. The van der Waals surface area contributed by atoms with E-state index in [1.165, 1.54) is 11.8 Å². The van der Waals surface area contributed by atoms with Crippen LogP contribution in [-0.2, 0) is 22.2 Å². The number of aromatic nitrogens is 4. The van der Waals surface area contributed by atoms with Gasteiger partial charge in [0.15, 0.2) is 0 Å². The van der Waals surface area contributed by atoms with Crippen LogP contribution in [0.2, 0.25) is 0 Å². The predicted molar refractivity (Wildman–Crippen MR) is 93.4 cm³/mol. The first-order valence-corrected chi connectivity index (χ1v) is 8.79. The van der Waals surface area contributed by atoms with Crippen LogP contribution >= 0.6 is 11.8 Å². The van der Waals surface area contributed by atoms with Crippen molar-refractivity contribution in [3.63, 3.8) is 0 Å². The van der Waals surface area contributed by atoms with E-state index in [9.17, 15) is 14.4 Å². The summed E-state index contributed by atoms with van der Waals surface area (Å²) >= 11 is 1.08. The van der Waals surface area contributed by atoms with Gasteiger partial charge in [-0.2, -0.15) is 5.01 Å². The number of hydrogen-bond acceptors (Lipinski definition) is 8. The molecule has 1 fully saturated rings. The Kier molecular flexibility index (Phi) is 4.99. The van der Waals surface area contributed by atoms with Crippen LogP contribution < -0.4 is 15.5 Å². The van der Waals surface area contributed by atoms with Gasteiger partial charge in [0.25, 0.3) is 5.91 Å². The molecule has 1 aromatic heterocycles. The van der Waals surface area contributed by atoms with E-state index in [0.717, 1.165) is 11.8 Å². The number of nitrogens with one attached hydrogen (secondary N) is 2. The van der Waals surface area contributed by atoms with Gasteiger partial charge in [0.05, 0.1) is 12.9 Å². The molecule has 3 rings (SSSR count). The largest absolute Gasteiger partial charge is 0.497 e. The number of hydrazine groups is 1. The molecule has 2 N–H and O–H groups in total. The van der Waals surface area contributed by atoms with Crippen LogP contribution in [0.25, 0.3) is 0 Å². The molecule has 1 aliphatic rings. The maximum atomic E-state index is 12.8. The number of nitrogens with zero attached hydrogens (tertiary/aromatic N) is 5. The van der Waals surface area contributed by atoms with Crippen LogP contribution in [0.15, 0.2) is 29.4 Å². The second kappa shape index (κ2) is 7.23. The lowest BCUT2D eigenvalue weighted by atomic mass is 9.92. The van der Waals surface area contributed by atoms with E-state index >= 15 is 0 Å². The van der Waals surface area contributed by atoms with Crippen molar-refractivity contribution in [2.45, 2.75) is 17.6 Å². The number of hydrogen-bond donors (Lipinski definition) is 2. The number of carbonyl (C=O) groups is 3. The highest BCUT2D eigenvalue weighted by Gasteiger charge is 2.50. The topological polar surface area (TPSA) is 131 Å². The highest BCUT2D eigenvalue weighted by Crippen LogP contribution is 2.29. The molecule has 2 heterocycles. The quantitative estimate of drug-likeness (QED) is 0.512. The predicted octanol–water partition coefficient (Wildman–Crippen LogP) is -0.191. The number of methoxy groups -OCH3 is 1. The maximum absolute atomic E-state index is 12.8. The Balaban J connectivity index is 1.67. The van der Waals surface area contributed by atoms with Crippen molar-refractivity contribution >= 4 is 29.6 Å². The van der Waals surface area contributed by atoms with E-state index in [-0.39, 0.29) is 5.75 Å². The first-order valence-electron chi connectivity index (χ1n) is 7.81. The monoisotopic (exact) mass is 391 g/mol. The van der Waals surface area contributed by atoms with Gasteiger partial charge in [0.1, 0.15) is 11.3 Å². The van der Waals surface area contributed by atoms with Crippen LogP contribution in [0.4, 0.5) is 4.79 Å². The SMILES string of the molecule is COc1ccc([C@]2(C)NC(=O)N(NC(=O)CSc3nnnn3C)C2=O)cc1. The smallest absolute Gasteiger partial charge is 0.344 e. The number of amides is 4. The zero-order chi connectivity index (χ0) is 19.6. The fourth-order valence-electron chi connectivity index (χ4n) is 2.49. The van der Waals surface area contributed by atoms with Gasteiger partial charge < -0.3 is 10.1 Å². The summed E-state index contributed by atoms with van der Waals surface area (Å²) in [5.41, 5.74) is 1.59. The number of aryl methyl sites for hydroxylation is 1. The standard InChI is InChI=1S/C15H17N7O4S/c1-15(9-4-6-10(26-3)7-5-9)12(24)22(13(25)16-15)18-11(23)8-27-14-17-19-20-21(14)2/h4-7H,8H2,1-3H3,(H,16,25)(H,18,23)/t15-/m0/s1. The average molecular weight is 391 g/mol. The number of benzene rings is 1. The van der Waals surface area contributed by atoms with Crippen LogP contribution in [0, 0.1) is 0 Å². The van der Waals surface area contributed by atoms with Crippen molar-refractivity contribution in [2.75, 3.05) is 12.9 Å². The summed E-state index contributed by atoms with van der Waals surface area (Å²) in [7, 11) is 3.17. The minimum absolute atomic E-state index is 0.0650. The molecule has 0 radical (unpaired) electrons. The Morgan fingerprint density at radius 3 is 2.63 bits per heavy atom. The van der Waals surface area contributed by atoms with Crippen molar-refractivity contribution in [3.05, 3.63) is 29.8 Å². The maximum Gasteiger partial charge on any atom is 0.344 e. The summed E-state index contributed by atoms with van der Waals surface area (Å²) in [6.45, 7) is 1.57. The lowest BCUT2D eigenvalue weighted by molar-refractivity contribution is -0.138. The Morgan fingerprint density at radius 1 is 1.33 bits per heavy atom. The molecule has 142 valence electrons. The van der Waals surface area contributed by atoms with E-state index < -0.39 is 23.4 Å². The Morgan fingerprint density at radius 2 is 2.04 bits per heavy atom. The number of imide groups is 1. The summed E-state index contributed by atoms with van der Waals surface area (Å²) < 4.78 is 6.50. The summed E-state index contributed by atoms with van der Waals surface area (Å²) in [5.74, 6) is -0.564. The second-order valence-corrected chi connectivity index (χ2v) is 6.78. The van der Waals surface area contributed by atoms with Gasteiger partial charge >= 0.3 is 6.03 Å². The summed E-state index contributed by atoms with van der Waals surface area (Å²) in [6.07, 6.45) is 0. The molecular weight excluding hydrogens is 374 g/mol. The van der Waals surface area contributed by atoms with Crippen LogP contribution in [0.1, 0.15) is 12.5 Å². The van der Waals surface area contributed by atoms with E-state index in [2.05, 4.69) is 26.3 Å². The van der Waals surface area contributed by atoms with E-state index in [1.807, 2.05) is 0 Å². The summed E-state index contributed by atoms with van der Waals surface area (Å²) in [6, 6.07) is 6.02. The summed E-state index contributed by atoms with van der Waals surface area (Å²) in [4.78, 5) is 37.1.